The van der Waals surface area contributed by atoms with Crippen molar-refractivity contribution in [3.8, 4) is 0 Å². The first-order valence-electron chi connectivity index (χ1n) is 11.0. The van der Waals surface area contributed by atoms with Crippen molar-refractivity contribution in [2.75, 3.05) is 32.8 Å². The summed E-state index contributed by atoms with van der Waals surface area (Å²) in [6.07, 6.45) is 3.06. The van der Waals surface area contributed by atoms with E-state index < -0.39 is 0 Å². The molecule has 0 saturated heterocycles. The molecule has 2 atom stereocenters. The van der Waals surface area contributed by atoms with Crippen LogP contribution in [-0.2, 0) is 13.0 Å². The quantitative estimate of drug-likeness (QED) is 0.253. The third kappa shape index (κ3) is 9.22. The second-order valence-corrected chi connectivity index (χ2v) is 8.45. The second-order valence-electron chi connectivity index (χ2n) is 8.45. The van der Waals surface area contributed by atoms with Crippen molar-refractivity contribution in [1.29, 1.82) is 0 Å². The molecule has 6 heteroatoms. The van der Waals surface area contributed by atoms with Gasteiger partial charge in [0.15, 0.2) is 5.96 Å². The minimum Gasteiger partial charge on any atom is -0.396 e. The van der Waals surface area contributed by atoms with E-state index in [1.165, 1.54) is 11.1 Å². The summed E-state index contributed by atoms with van der Waals surface area (Å²) >= 11 is 0. The maximum Gasteiger partial charge on any atom is 0.191 e. The van der Waals surface area contributed by atoms with Gasteiger partial charge in [0.2, 0.25) is 0 Å². The fourth-order valence-corrected chi connectivity index (χ4v) is 3.96. The van der Waals surface area contributed by atoms with Crippen LogP contribution in [0.3, 0.4) is 0 Å². The van der Waals surface area contributed by atoms with Crippen LogP contribution < -0.4 is 10.6 Å². The normalized spacial score (nSPS) is 16.7. The molecule has 0 aliphatic carbocycles. The van der Waals surface area contributed by atoms with Gasteiger partial charge in [0.1, 0.15) is 0 Å². The highest BCUT2D eigenvalue weighted by Gasteiger charge is 2.20. The van der Waals surface area contributed by atoms with Crippen molar-refractivity contribution in [1.82, 2.24) is 15.5 Å². The van der Waals surface area contributed by atoms with Crippen molar-refractivity contribution in [3.05, 3.63) is 35.4 Å². The first-order chi connectivity index (χ1) is 13.5. The van der Waals surface area contributed by atoms with Crippen molar-refractivity contribution in [3.63, 3.8) is 0 Å². The predicted molar refractivity (Wildman–Crippen MR) is 134 cm³/mol. The topological polar surface area (TPSA) is 59.9 Å². The standard InChI is InChI=1S/C23H40N4O.HI/c1-5-24-23(26-16-20(11-13-28)14-18(2)3)25-15-19(4)27-12-10-21-8-6-7-9-22(21)17-27;/h6-9,18-20,28H,5,10-17H2,1-4H3,(H2,24,25,26);1H. The molecular formula is C23H41IN4O. The number of aliphatic hydroxyl groups excluding tert-OH is 1. The number of guanidine groups is 1. The fourth-order valence-electron chi connectivity index (χ4n) is 3.96. The summed E-state index contributed by atoms with van der Waals surface area (Å²) in [5.74, 6) is 1.96. The van der Waals surface area contributed by atoms with Crippen LogP contribution in [0.4, 0.5) is 0 Å². The molecule has 1 heterocycles. The fraction of sp³-hybridized carbons (Fsp3) is 0.696. The lowest BCUT2D eigenvalue weighted by molar-refractivity contribution is 0.191. The van der Waals surface area contributed by atoms with Crippen LogP contribution in [0.1, 0.15) is 51.7 Å². The summed E-state index contributed by atoms with van der Waals surface area (Å²) in [5.41, 5.74) is 2.95. The molecule has 2 rings (SSSR count). The summed E-state index contributed by atoms with van der Waals surface area (Å²) in [4.78, 5) is 7.35. The molecule has 1 aliphatic heterocycles. The Morgan fingerprint density at radius 1 is 1.17 bits per heavy atom. The van der Waals surface area contributed by atoms with E-state index in [0.29, 0.717) is 17.9 Å². The number of fused-ring (bicyclic) bond motifs is 1. The predicted octanol–water partition coefficient (Wildman–Crippen LogP) is 3.65. The van der Waals surface area contributed by atoms with E-state index in [1.54, 1.807) is 0 Å². The molecule has 29 heavy (non-hydrogen) atoms. The monoisotopic (exact) mass is 516 g/mol. The van der Waals surface area contributed by atoms with Crippen LogP contribution in [0.2, 0.25) is 0 Å². The first-order valence-corrected chi connectivity index (χ1v) is 11.0. The number of aliphatic imine (C=N–C) groups is 1. The number of nitrogens with zero attached hydrogens (tertiary/aromatic N) is 2. The lowest BCUT2D eigenvalue weighted by Gasteiger charge is -2.34. The van der Waals surface area contributed by atoms with Crippen LogP contribution in [0.15, 0.2) is 29.3 Å². The van der Waals surface area contributed by atoms with Gasteiger partial charge in [0.05, 0.1) is 0 Å². The number of halogens is 1. The number of benzene rings is 1. The van der Waals surface area contributed by atoms with Gasteiger partial charge < -0.3 is 15.7 Å². The molecule has 2 unspecified atom stereocenters. The van der Waals surface area contributed by atoms with E-state index in [2.05, 4.69) is 67.5 Å². The molecule has 0 fully saturated rings. The molecule has 0 spiro atoms. The molecule has 5 nitrogen and oxygen atoms in total. The van der Waals surface area contributed by atoms with Gasteiger partial charge in [0, 0.05) is 45.4 Å². The van der Waals surface area contributed by atoms with Gasteiger partial charge in [-0.1, -0.05) is 38.1 Å². The molecule has 0 radical (unpaired) electrons. The smallest absolute Gasteiger partial charge is 0.191 e. The average Bonchev–Trinajstić information content (AvgIpc) is 2.69. The lowest BCUT2D eigenvalue weighted by atomic mass is 9.94. The maximum atomic E-state index is 9.32. The first kappa shape index (κ1) is 26.2. The highest BCUT2D eigenvalue weighted by molar-refractivity contribution is 14.0. The van der Waals surface area contributed by atoms with Crippen LogP contribution in [0.25, 0.3) is 0 Å². The Bertz CT molecular complexity index is 608. The van der Waals surface area contributed by atoms with Gasteiger partial charge in [-0.15, -0.1) is 24.0 Å². The van der Waals surface area contributed by atoms with Crippen molar-refractivity contribution >= 4 is 29.9 Å². The lowest BCUT2D eigenvalue weighted by Crippen LogP contribution is -2.47. The molecule has 3 N–H and O–H groups in total. The third-order valence-corrected chi connectivity index (χ3v) is 5.54. The number of rotatable bonds is 10. The van der Waals surface area contributed by atoms with E-state index in [1.807, 2.05) is 0 Å². The molecule has 0 amide bonds. The van der Waals surface area contributed by atoms with Gasteiger partial charge in [-0.3, -0.25) is 9.89 Å². The third-order valence-electron chi connectivity index (χ3n) is 5.54. The molecule has 1 aliphatic rings. The van der Waals surface area contributed by atoms with Gasteiger partial charge in [-0.05, 0) is 56.1 Å². The molecule has 166 valence electrons. The zero-order chi connectivity index (χ0) is 20.4. The van der Waals surface area contributed by atoms with Gasteiger partial charge in [-0.2, -0.15) is 0 Å². The molecular weight excluding hydrogens is 475 g/mol. The largest absolute Gasteiger partial charge is 0.396 e. The summed E-state index contributed by atoms with van der Waals surface area (Å²) in [6.45, 7) is 13.7. The van der Waals surface area contributed by atoms with Crippen molar-refractivity contribution in [2.45, 2.75) is 59.5 Å². The number of hydrogen-bond donors (Lipinski definition) is 3. The van der Waals surface area contributed by atoms with Gasteiger partial charge in [0.25, 0.3) is 0 Å². The van der Waals surface area contributed by atoms with E-state index in [0.717, 1.165) is 57.9 Å². The number of aliphatic hydroxyl groups is 1. The number of hydrogen-bond acceptors (Lipinski definition) is 3. The van der Waals surface area contributed by atoms with Crippen LogP contribution >= 0.6 is 24.0 Å². The molecule has 0 bridgehead atoms. The van der Waals surface area contributed by atoms with E-state index in [4.69, 9.17) is 4.99 Å². The molecule has 1 aromatic rings. The highest BCUT2D eigenvalue weighted by Crippen LogP contribution is 2.20. The van der Waals surface area contributed by atoms with E-state index in [-0.39, 0.29) is 30.6 Å². The van der Waals surface area contributed by atoms with E-state index in [9.17, 15) is 5.11 Å². The molecule has 0 saturated carbocycles. The minimum atomic E-state index is 0. The maximum absolute atomic E-state index is 9.32. The Balaban J connectivity index is 0.00000420. The summed E-state index contributed by atoms with van der Waals surface area (Å²) in [6, 6.07) is 9.23. The summed E-state index contributed by atoms with van der Waals surface area (Å²) < 4.78 is 0. The molecule has 0 aromatic heterocycles. The van der Waals surface area contributed by atoms with Gasteiger partial charge in [-0.25, -0.2) is 0 Å². The Morgan fingerprint density at radius 2 is 1.90 bits per heavy atom. The SMILES string of the molecule is CCNC(=NCC(CCO)CC(C)C)NCC(C)N1CCc2ccccc2C1.I. The zero-order valence-electron chi connectivity index (χ0n) is 18.7. The van der Waals surface area contributed by atoms with Gasteiger partial charge >= 0.3 is 0 Å². The second kappa shape index (κ2) is 14.2. The summed E-state index contributed by atoms with van der Waals surface area (Å²) in [5, 5.41) is 16.2. The highest BCUT2D eigenvalue weighted by atomic mass is 127. The Hall–Kier alpha value is -0.860. The average molecular weight is 517 g/mol. The van der Waals surface area contributed by atoms with Crippen LogP contribution in [0, 0.1) is 11.8 Å². The molecule has 1 aromatic carbocycles. The van der Waals surface area contributed by atoms with Crippen molar-refractivity contribution in [2.24, 2.45) is 16.8 Å². The Labute approximate surface area is 194 Å². The van der Waals surface area contributed by atoms with Crippen molar-refractivity contribution < 1.29 is 5.11 Å². The Morgan fingerprint density at radius 3 is 2.55 bits per heavy atom. The number of nitrogens with one attached hydrogen (secondary N) is 2. The van der Waals surface area contributed by atoms with Crippen LogP contribution in [0.5, 0.6) is 0 Å². The zero-order valence-corrected chi connectivity index (χ0v) is 21.0. The van der Waals surface area contributed by atoms with Crippen LogP contribution in [-0.4, -0.2) is 54.8 Å². The minimum absolute atomic E-state index is 0. The summed E-state index contributed by atoms with van der Waals surface area (Å²) in [7, 11) is 0. The van der Waals surface area contributed by atoms with E-state index >= 15 is 0 Å². The Kier molecular flexibility index (Phi) is 12.8.